The number of carboxylic acid groups (broad SMARTS) is 1. The number of thiazole rings is 1. The molecule has 2 amide bonds. The predicted molar refractivity (Wildman–Crippen MR) is 127 cm³/mol. The molecule has 0 unspecified atom stereocenters. The highest BCUT2D eigenvalue weighted by Crippen LogP contribution is 2.36. The van der Waals surface area contributed by atoms with Crippen molar-refractivity contribution in [2.75, 3.05) is 18.0 Å². The summed E-state index contributed by atoms with van der Waals surface area (Å²) in [6.07, 6.45) is 0.113. The van der Waals surface area contributed by atoms with Gasteiger partial charge in [-0.1, -0.05) is 60.1 Å². The van der Waals surface area contributed by atoms with E-state index in [1.54, 1.807) is 11.4 Å². The van der Waals surface area contributed by atoms with Gasteiger partial charge in [0.1, 0.15) is 6.54 Å². The van der Waals surface area contributed by atoms with Crippen LogP contribution in [-0.4, -0.2) is 41.0 Å². The van der Waals surface area contributed by atoms with Crippen LogP contribution >= 0.6 is 22.9 Å². The van der Waals surface area contributed by atoms with Crippen LogP contribution in [0.4, 0.5) is 5.13 Å². The molecule has 1 aliphatic heterocycles. The minimum atomic E-state index is -1.07. The van der Waals surface area contributed by atoms with E-state index in [1.165, 1.54) is 16.2 Å². The van der Waals surface area contributed by atoms with Crippen molar-refractivity contribution in [1.29, 1.82) is 0 Å². The number of nitrogens with zero attached hydrogens (tertiary/aromatic N) is 2. The predicted octanol–water partition coefficient (Wildman–Crippen LogP) is 4.19. The maximum Gasteiger partial charge on any atom is 0.304 e. The lowest BCUT2D eigenvalue weighted by Gasteiger charge is -2.28. The topological polar surface area (TPSA) is 99.6 Å². The first-order chi connectivity index (χ1) is 15.9. The summed E-state index contributed by atoms with van der Waals surface area (Å²) in [5.41, 5.74) is 2.17. The summed E-state index contributed by atoms with van der Waals surface area (Å²) in [5.74, 6) is -3.02. The van der Waals surface area contributed by atoms with Crippen LogP contribution in [0.1, 0.15) is 24.3 Å². The summed E-state index contributed by atoms with van der Waals surface area (Å²) in [7, 11) is 0. The Morgan fingerprint density at radius 2 is 1.88 bits per heavy atom. The van der Waals surface area contributed by atoms with Crippen molar-refractivity contribution in [3.05, 3.63) is 70.6 Å². The number of anilines is 1. The molecule has 1 saturated heterocycles. The molecule has 9 heteroatoms. The Morgan fingerprint density at radius 3 is 2.61 bits per heavy atom. The van der Waals surface area contributed by atoms with E-state index in [0.29, 0.717) is 34.4 Å². The lowest BCUT2D eigenvalue weighted by atomic mass is 9.80. The minimum Gasteiger partial charge on any atom is -0.481 e. The minimum absolute atomic E-state index is 0.230. The molecule has 0 saturated carbocycles. The Morgan fingerprint density at radius 1 is 1.15 bits per heavy atom. The zero-order chi connectivity index (χ0) is 23.4. The van der Waals surface area contributed by atoms with Crippen LogP contribution in [-0.2, 0) is 14.4 Å². The van der Waals surface area contributed by atoms with Crippen LogP contribution < -0.4 is 10.2 Å². The van der Waals surface area contributed by atoms with Crippen LogP contribution in [0, 0.1) is 5.92 Å². The molecule has 170 valence electrons. The second-order valence-electron chi connectivity index (χ2n) is 7.78. The Kier molecular flexibility index (Phi) is 7.05. The van der Waals surface area contributed by atoms with E-state index in [0.717, 1.165) is 5.56 Å². The summed E-state index contributed by atoms with van der Waals surface area (Å²) in [5, 5.41) is 15.1. The average molecular weight is 484 g/mol. The van der Waals surface area contributed by atoms with Gasteiger partial charge in [-0.05, 0) is 24.0 Å². The number of carbonyl (C=O) groups is 3. The highest BCUT2D eigenvalue weighted by atomic mass is 35.5. The van der Waals surface area contributed by atoms with Gasteiger partial charge in [0.15, 0.2) is 5.13 Å². The van der Waals surface area contributed by atoms with Crippen molar-refractivity contribution in [3.8, 4) is 11.3 Å². The summed E-state index contributed by atoms with van der Waals surface area (Å²) < 4.78 is 0. The SMILES string of the molecule is O=C(O)C[C@@H]1C(=O)N(c2nc(-c3ccccc3Cl)cs2)CC(=O)NCC[C@@H]1c1ccccc1. The van der Waals surface area contributed by atoms with Crippen molar-refractivity contribution >= 4 is 45.9 Å². The van der Waals surface area contributed by atoms with Gasteiger partial charge in [-0.3, -0.25) is 19.3 Å². The third kappa shape index (κ3) is 5.23. The molecule has 1 fully saturated rings. The van der Waals surface area contributed by atoms with Crippen LogP contribution in [0.3, 0.4) is 0 Å². The molecular formula is C24H22ClN3O4S. The van der Waals surface area contributed by atoms with Gasteiger partial charge < -0.3 is 10.4 Å². The van der Waals surface area contributed by atoms with Gasteiger partial charge in [-0.15, -0.1) is 11.3 Å². The first kappa shape index (κ1) is 22.9. The molecule has 3 aromatic rings. The van der Waals surface area contributed by atoms with Gasteiger partial charge in [0.25, 0.3) is 0 Å². The van der Waals surface area contributed by atoms with Gasteiger partial charge in [0.05, 0.1) is 18.0 Å². The molecule has 0 radical (unpaired) electrons. The van der Waals surface area contributed by atoms with Crippen LogP contribution in [0.2, 0.25) is 5.02 Å². The molecule has 4 rings (SSSR count). The number of halogens is 1. The highest BCUT2D eigenvalue weighted by Gasteiger charge is 2.37. The first-order valence-corrected chi connectivity index (χ1v) is 11.7. The first-order valence-electron chi connectivity index (χ1n) is 10.5. The maximum absolute atomic E-state index is 13.8. The van der Waals surface area contributed by atoms with Gasteiger partial charge in [-0.2, -0.15) is 0 Å². The molecule has 0 bridgehead atoms. The summed E-state index contributed by atoms with van der Waals surface area (Å²) in [6, 6.07) is 16.6. The number of carboxylic acids is 1. The number of rotatable bonds is 5. The van der Waals surface area contributed by atoms with E-state index in [1.807, 2.05) is 48.5 Å². The molecule has 0 aliphatic carbocycles. The van der Waals surface area contributed by atoms with E-state index in [4.69, 9.17) is 11.6 Å². The number of benzene rings is 2. The highest BCUT2D eigenvalue weighted by molar-refractivity contribution is 7.14. The maximum atomic E-state index is 13.8. The van der Waals surface area contributed by atoms with Crippen LogP contribution in [0.25, 0.3) is 11.3 Å². The van der Waals surface area contributed by atoms with Crippen LogP contribution in [0.15, 0.2) is 60.0 Å². The average Bonchev–Trinajstić information content (AvgIpc) is 3.30. The molecule has 2 aromatic carbocycles. The van der Waals surface area contributed by atoms with E-state index in [2.05, 4.69) is 10.3 Å². The lowest BCUT2D eigenvalue weighted by molar-refractivity contribution is -0.141. The van der Waals surface area contributed by atoms with Gasteiger partial charge >= 0.3 is 5.97 Å². The molecular weight excluding hydrogens is 462 g/mol. The number of nitrogens with one attached hydrogen (secondary N) is 1. The Hall–Kier alpha value is -3.23. The molecule has 33 heavy (non-hydrogen) atoms. The zero-order valence-electron chi connectivity index (χ0n) is 17.6. The quantitative estimate of drug-likeness (QED) is 0.566. The third-order valence-corrected chi connectivity index (χ3v) is 6.84. The number of aromatic nitrogens is 1. The fourth-order valence-corrected chi connectivity index (χ4v) is 5.14. The number of amides is 2. The number of hydrogen-bond donors (Lipinski definition) is 2. The van der Waals surface area contributed by atoms with E-state index in [9.17, 15) is 19.5 Å². The van der Waals surface area contributed by atoms with Crippen molar-refractivity contribution < 1.29 is 19.5 Å². The largest absolute Gasteiger partial charge is 0.481 e. The third-order valence-electron chi connectivity index (χ3n) is 5.64. The van der Waals surface area contributed by atoms with E-state index in [-0.39, 0.29) is 24.8 Å². The normalized spacial score (nSPS) is 19.4. The molecule has 1 aliphatic rings. The van der Waals surface area contributed by atoms with Gasteiger partial charge in [-0.25, -0.2) is 4.98 Å². The number of hydrogen-bond acceptors (Lipinski definition) is 5. The molecule has 2 atom stereocenters. The summed E-state index contributed by atoms with van der Waals surface area (Å²) >= 11 is 7.51. The fourth-order valence-electron chi connectivity index (χ4n) is 4.08. The summed E-state index contributed by atoms with van der Waals surface area (Å²) in [4.78, 5) is 43.9. The van der Waals surface area contributed by atoms with E-state index < -0.39 is 17.8 Å². The van der Waals surface area contributed by atoms with Crippen LogP contribution in [0.5, 0.6) is 0 Å². The smallest absolute Gasteiger partial charge is 0.304 e. The number of aliphatic carboxylic acids is 1. The van der Waals surface area contributed by atoms with Gasteiger partial charge in [0, 0.05) is 22.5 Å². The molecule has 7 nitrogen and oxygen atoms in total. The van der Waals surface area contributed by atoms with E-state index >= 15 is 0 Å². The lowest BCUT2D eigenvalue weighted by Crippen LogP contribution is -2.43. The molecule has 1 aromatic heterocycles. The van der Waals surface area contributed by atoms with Crippen molar-refractivity contribution in [3.63, 3.8) is 0 Å². The van der Waals surface area contributed by atoms with Gasteiger partial charge in [0.2, 0.25) is 11.8 Å². The molecule has 2 N–H and O–H groups in total. The Labute approximate surface area is 200 Å². The fraction of sp³-hybridized carbons (Fsp3) is 0.250. The van der Waals surface area contributed by atoms with Crippen molar-refractivity contribution in [2.24, 2.45) is 5.92 Å². The van der Waals surface area contributed by atoms with Crippen molar-refractivity contribution in [2.45, 2.75) is 18.8 Å². The van der Waals surface area contributed by atoms with Crippen molar-refractivity contribution in [1.82, 2.24) is 10.3 Å². The number of carbonyl (C=O) groups excluding carboxylic acids is 2. The second kappa shape index (κ2) is 10.1. The molecule has 0 spiro atoms. The Balaban J connectivity index is 1.74. The second-order valence-corrected chi connectivity index (χ2v) is 9.02. The monoisotopic (exact) mass is 483 g/mol. The summed E-state index contributed by atoms with van der Waals surface area (Å²) in [6.45, 7) is 0.115. The standard InChI is InChI=1S/C24H22ClN3O4S/c25-19-9-5-4-8-17(19)20-14-33-24(27-20)28-13-21(29)26-11-10-16(15-6-2-1-3-7-15)18(23(28)32)12-22(30)31/h1-9,14,16,18H,10-13H2,(H,26,29)(H,30,31)/t16-,18+/m1/s1. The molecule has 2 heterocycles. The Bertz CT molecular complexity index is 1170. The zero-order valence-corrected chi connectivity index (χ0v) is 19.2.